The third-order valence-electron chi connectivity index (χ3n) is 2.99. The maximum absolute atomic E-state index is 10.1. The second kappa shape index (κ2) is 5.36. The molecule has 0 aromatic heterocycles. The van der Waals surface area contributed by atoms with E-state index in [1.165, 1.54) is 6.08 Å². The Hall–Kier alpha value is -1.76. The Bertz CT molecular complexity index is 424. The quantitative estimate of drug-likeness (QED) is 0.534. The van der Waals surface area contributed by atoms with Crippen LogP contribution in [0.1, 0.15) is 20.3 Å². The zero-order valence-electron chi connectivity index (χ0n) is 9.49. The molecule has 4 nitrogen and oxygen atoms in total. The molecule has 0 heterocycles. The van der Waals surface area contributed by atoms with Crippen LogP contribution in [0.15, 0.2) is 33.3 Å². The summed E-state index contributed by atoms with van der Waals surface area (Å²) in [6.07, 6.45) is 7.89. The predicted octanol–water partition coefficient (Wildman–Crippen LogP) is 1.94. The summed E-state index contributed by atoms with van der Waals surface area (Å²) in [6, 6.07) is 0. The zero-order valence-corrected chi connectivity index (χ0v) is 9.49. The van der Waals surface area contributed by atoms with Gasteiger partial charge in [-0.1, -0.05) is 24.6 Å². The monoisotopic (exact) mass is 218 g/mol. The Kier molecular flexibility index (Phi) is 4.12. The second-order valence-corrected chi connectivity index (χ2v) is 4.19. The third kappa shape index (κ3) is 2.86. The normalized spacial score (nSPS) is 23.6. The van der Waals surface area contributed by atoms with Crippen LogP contribution >= 0.6 is 0 Å². The van der Waals surface area contributed by atoms with Crippen LogP contribution in [0, 0.1) is 5.41 Å². The van der Waals surface area contributed by atoms with E-state index in [-0.39, 0.29) is 5.41 Å². The molecule has 1 aliphatic carbocycles. The molecule has 0 aromatic carbocycles. The van der Waals surface area contributed by atoms with Crippen LogP contribution in [0.3, 0.4) is 0 Å². The van der Waals surface area contributed by atoms with Crippen molar-refractivity contribution in [2.75, 3.05) is 13.1 Å². The number of isocyanates is 2. The van der Waals surface area contributed by atoms with Gasteiger partial charge in [0.15, 0.2) is 0 Å². The molecule has 0 saturated carbocycles. The number of rotatable bonds is 4. The fourth-order valence-corrected chi connectivity index (χ4v) is 1.66. The SMILES string of the molecule is CC1=CC(CN=C=O)=CCC1(C)CN=C=O. The van der Waals surface area contributed by atoms with Crippen molar-refractivity contribution in [2.24, 2.45) is 15.4 Å². The molecule has 0 radical (unpaired) electrons. The van der Waals surface area contributed by atoms with Crippen LogP contribution in [0.2, 0.25) is 0 Å². The molecule has 0 saturated heterocycles. The van der Waals surface area contributed by atoms with Gasteiger partial charge in [0.25, 0.3) is 0 Å². The van der Waals surface area contributed by atoms with E-state index < -0.39 is 0 Å². The van der Waals surface area contributed by atoms with Crippen LogP contribution in [-0.2, 0) is 9.59 Å². The van der Waals surface area contributed by atoms with Crippen LogP contribution < -0.4 is 0 Å². The van der Waals surface area contributed by atoms with E-state index in [2.05, 4.69) is 16.9 Å². The molecule has 0 aliphatic heterocycles. The first-order valence-corrected chi connectivity index (χ1v) is 5.07. The maximum Gasteiger partial charge on any atom is 0.235 e. The van der Waals surface area contributed by atoms with Crippen molar-refractivity contribution in [3.8, 4) is 0 Å². The van der Waals surface area contributed by atoms with Gasteiger partial charge >= 0.3 is 0 Å². The highest BCUT2D eigenvalue weighted by molar-refractivity contribution is 5.39. The first kappa shape index (κ1) is 12.3. The fourth-order valence-electron chi connectivity index (χ4n) is 1.66. The van der Waals surface area contributed by atoms with Crippen LogP contribution in [0.5, 0.6) is 0 Å². The Labute approximate surface area is 94.5 Å². The molecule has 0 bridgehead atoms. The lowest BCUT2D eigenvalue weighted by Gasteiger charge is -2.30. The molecule has 1 atom stereocenters. The van der Waals surface area contributed by atoms with Gasteiger partial charge in [-0.05, 0) is 18.9 Å². The summed E-state index contributed by atoms with van der Waals surface area (Å²) < 4.78 is 0. The summed E-state index contributed by atoms with van der Waals surface area (Å²) in [5.74, 6) is 0. The molecule has 1 unspecified atom stereocenters. The maximum atomic E-state index is 10.1. The summed E-state index contributed by atoms with van der Waals surface area (Å²) in [5.41, 5.74) is 2.03. The minimum atomic E-state index is -0.119. The minimum absolute atomic E-state index is 0.119. The van der Waals surface area contributed by atoms with Crippen molar-refractivity contribution in [3.63, 3.8) is 0 Å². The molecule has 0 N–H and O–H groups in total. The van der Waals surface area contributed by atoms with Crippen LogP contribution in [0.25, 0.3) is 0 Å². The summed E-state index contributed by atoms with van der Waals surface area (Å²) in [7, 11) is 0. The van der Waals surface area contributed by atoms with Gasteiger partial charge in [-0.3, -0.25) is 0 Å². The molecule has 0 spiro atoms. The lowest BCUT2D eigenvalue weighted by Crippen LogP contribution is -2.23. The summed E-state index contributed by atoms with van der Waals surface area (Å²) >= 11 is 0. The lowest BCUT2D eigenvalue weighted by atomic mass is 9.75. The van der Waals surface area contributed by atoms with Crippen LogP contribution in [0.4, 0.5) is 0 Å². The van der Waals surface area contributed by atoms with Gasteiger partial charge in [-0.15, -0.1) is 0 Å². The number of nitrogens with zero attached hydrogens (tertiary/aromatic N) is 2. The fraction of sp³-hybridized carbons (Fsp3) is 0.500. The summed E-state index contributed by atoms with van der Waals surface area (Å²) in [6.45, 7) is 4.86. The number of aliphatic imine (C=N–C) groups is 2. The number of hydrogen-bond donors (Lipinski definition) is 0. The summed E-state index contributed by atoms with van der Waals surface area (Å²) in [5, 5.41) is 0. The molecular formula is C12H14N2O2. The van der Waals surface area contributed by atoms with Gasteiger partial charge in [0.05, 0.1) is 13.1 Å². The van der Waals surface area contributed by atoms with Crippen LogP contribution in [-0.4, -0.2) is 25.2 Å². The second-order valence-electron chi connectivity index (χ2n) is 4.19. The topological polar surface area (TPSA) is 58.9 Å². The van der Waals surface area contributed by atoms with E-state index in [1.54, 1.807) is 6.08 Å². The molecular weight excluding hydrogens is 204 g/mol. The van der Waals surface area contributed by atoms with E-state index in [0.717, 1.165) is 17.6 Å². The summed E-state index contributed by atoms with van der Waals surface area (Å²) in [4.78, 5) is 27.3. The Morgan fingerprint density at radius 1 is 1.38 bits per heavy atom. The molecule has 0 amide bonds. The average molecular weight is 218 g/mol. The molecule has 0 fully saturated rings. The highest BCUT2D eigenvalue weighted by Crippen LogP contribution is 2.36. The van der Waals surface area contributed by atoms with Gasteiger partial charge < -0.3 is 0 Å². The van der Waals surface area contributed by atoms with Gasteiger partial charge in [0.1, 0.15) is 0 Å². The average Bonchev–Trinajstić information content (AvgIpc) is 2.28. The van der Waals surface area contributed by atoms with E-state index >= 15 is 0 Å². The predicted molar refractivity (Wildman–Crippen MR) is 60.5 cm³/mol. The Morgan fingerprint density at radius 2 is 2.06 bits per heavy atom. The lowest BCUT2D eigenvalue weighted by molar-refractivity contribution is 0.409. The van der Waals surface area contributed by atoms with Crippen molar-refractivity contribution >= 4 is 12.2 Å². The van der Waals surface area contributed by atoms with Crippen molar-refractivity contribution in [1.82, 2.24) is 0 Å². The zero-order chi connectivity index (χ0) is 12.0. The first-order chi connectivity index (χ1) is 7.62. The number of allylic oxidation sites excluding steroid dienone is 1. The minimum Gasteiger partial charge on any atom is -0.211 e. The highest BCUT2D eigenvalue weighted by atomic mass is 16.1. The van der Waals surface area contributed by atoms with Gasteiger partial charge in [-0.2, -0.15) is 0 Å². The molecule has 0 aromatic rings. The van der Waals surface area contributed by atoms with Crippen molar-refractivity contribution < 1.29 is 9.59 Å². The van der Waals surface area contributed by atoms with Gasteiger partial charge in [0.2, 0.25) is 12.2 Å². The van der Waals surface area contributed by atoms with Crippen molar-refractivity contribution in [3.05, 3.63) is 23.3 Å². The van der Waals surface area contributed by atoms with E-state index in [9.17, 15) is 9.59 Å². The van der Waals surface area contributed by atoms with Gasteiger partial charge in [-0.25, -0.2) is 19.6 Å². The smallest absolute Gasteiger partial charge is 0.211 e. The van der Waals surface area contributed by atoms with Crippen molar-refractivity contribution in [2.45, 2.75) is 20.3 Å². The third-order valence-corrected chi connectivity index (χ3v) is 2.99. The molecule has 16 heavy (non-hydrogen) atoms. The Morgan fingerprint density at radius 3 is 2.62 bits per heavy atom. The number of hydrogen-bond acceptors (Lipinski definition) is 4. The largest absolute Gasteiger partial charge is 0.235 e. The van der Waals surface area contributed by atoms with E-state index in [1.807, 2.05) is 19.1 Å². The van der Waals surface area contributed by atoms with E-state index in [0.29, 0.717) is 13.1 Å². The molecule has 1 aliphatic rings. The molecule has 84 valence electrons. The van der Waals surface area contributed by atoms with Crippen molar-refractivity contribution in [1.29, 1.82) is 0 Å². The molecule has 4 heteroatoms. The Balaban J connectivity index is 2.79. The van der Waals surface area contributed by atoms with E-state index in [4.69, 9.17) is 0 Å². The standard InChI is InChI=1S/C12H14N2O2/c1-10-5-11(6-13-8-15)3-4-12(10,2)7-14-9-16/h3,5H,4,6-7H2,1-2H3. The van der Waals surface area contributed by atoms with Gasteiger partial charge in [0, 0.05) is 5.41 Å². The molecule has 1 rings (SSSR count). The first-order valence-electron chi connectivity index (χ1n) is 5.07. The number of carbonyl (C=O) groups excluding carboxylic acids is 2. The highest BCUT2D eigenvalue weighted by Gasteiger charge is 2.27.